The first-order valence-corrected chi connectivity index (χ1v) is 19.4. The molecule has 0 aromatic carbocycles. The smallest absolute Gasteiger partial charge is 0.399 e. The van der Waals surface area contributed by atoms with E-state index < -0.39 is 0 Å². The van der Waals surface area contributed by atoms with Crippen LogP contribution < -0.4 is 0 Å². The van der Waals surface area contributed by atoms with Crippen LogP contribution in [0.15, 0.2) is 0 Å². The number of nitrogens with zero attached hydrogens (tertiary/aromatic N) is 1. The summed E-state index contributed by atoms with van der Waals surface area (Å²) >= 11 is 0. The van der Waals surface area contributed by atoms with Gasteiger partial charge in [0.25, 0.3) is 0 Å². The SMILES string of the molecule is C1CCCC1.C1CCCC1.CC.CC.[CH2-]CCO.[CH2-]CN(CCOCCCC1CCCC1)CCOCCCC1CCCC1.[CH3-].[CH3-].[CH3-].[CH3-].[Fe+2].[Fe+2].[W+2]. The van der Waals surface area contributed by atoms with Gasteiger partial charge in [0, 0.05) is 32.9 Å². The number of aliphatic hydroxyl groups is 1. The van der Waals surface area contributed by atoms with E-state index >= 15 is 0 Å². The third kappa shape index (κ3) is 53.9. The standard InChI is InChI=1S/C22H42NO2.2C5H10.C3H7O.2C2H6.4CH3.2Fe.W/c1-2-23(15-19-24-17-7-13-21-9-3-4-10-21)16-20-25-18-8-14-22-11-5-6-12-22;2*1-2-4-5-3-1;1-2-3-4;2*1-2;;;;;;;/h21-22H,1-20H2;2*1-5H2;4H,1-3H2;2*1-2H3;4*1H3;;;/q-1;;;-1;;;4*-1;3*+2. The molecule has 4 saturated carbocycles. The maximum absolute atomic E-state index is 7.81. The van der Waals surface area contributed by atoms with Crippen molar-refractivity contribution < 1.29 is 69.8 Å². The summed E-state index contributed by atoms with van der Waals surface area (Å²) in [4.78, 5) is 2.34. The Kier molecular flexibility index (Phi) is 95.3. The minimum absolute atomic E-state index is 0. The van der Waals surface area contributed by atoms with Gasteiger partial charge in [-0.25, -0.2) is 0 Å². The third-order valence-corrected chi connectivity index (χ3v) is 8.83. The average molecular weight is 968 g/mol. The van der Waals surface area contributed by atoms with Crippen molar-refractivity contribution in [3.8, 4) is 0 Å². The van der Waals surface area contributed by atoms with Crippen LogP contribution in [0.4, 0.5) is 0 Å². The van der Waals surface area contributed by atoms with Crippen molar-refractivity contribution in [3.05, 3.63) is 43.6 Å². The molecule has 0 radical (unpaired) electrons. The Morgan fingerprint density at radius 1 is 0.520 bits per heavy atom. The summed E-state index contributed by atoms with van der Waals surface area (Å²) in [5, 5.41) is 7.81. The Morgan fingerprint density at radius 3 is 1.00 bits per heavy atom. The molecule has 0 aromatic heterocycles. The van der Waals surface area contributed by atoms with Crippen molar-refractivity contribution in [3.63, 3.8) is 0 Å². The number of aliphatic hydroxyl groups excluding tert-OH is 1. The van der Waals surface area contributed by atoms with E-state index in [1.807, 2.05) is 27.7 Å². The van der Waals surface area contributed by atoms with Crippen LogP contribution in [0.3, 0.4) is 0 Å². The topological polar surface area (TPSA) is 41.9 Å². The molecular formula is C43H93Fe2NO3W. The first kappa shape index (κ1) is 72.8. The van der Waals surface area contributed by atoms with E-state index in [0.717, 1.165) is 57.9 Å². The number of hydrogen-bond donors (Lipinski definition) is 1. The Labute approximate surface area is 355 Å². The summed E-state index contributed by atoms with van der Waals surface area (Å²) < 4.78 is 11.6. The molecule has 0 heterocycles. The van der Waals surface area contributed by atoms with Crippen LogP contribution in [0.5, 0.6) is 0 Å². The summed E-state index contributed by atoms with van der Waals surface area (Å²) in [5.74, 6) is 1.98. The van der Waals surface area contributed by atoms with E-state index in [1.165, 1.54) is 141 Å². The van der Waals surface area contributed by atoms with Crippen molar-refractivity contribution in [2.75, 3.05) is 52.7 Å². The third-order valence-electron chi connectivity index (χ3n) is 8.83. The molecular weight excluding hydrogens is 874 g/mol. The van der Waals surface area contributed by atoms with Gasteiger partial charge in [-0.1, -0.05) is 143 Å². The predicted octanol–water partition coefficient (Wildman–Crippen LogP) is 13.0. The number of hydrogen-bond acceptors (Lipinski definition) is 4. The fourth-order valence-electron chi connectivity index (χ4n) is 6.24. The van der Waals surface area contributed by atoms with E-state index in [-0.39, 0.29) is 91.5 Å². The van der Waals surface area contributed by atoms with E-state index in [0.29, 0.717) is 6.42 Å². The van der Waals surface area contributed by atoms with E-state index in [1.54, 1.807) is 0 Å². The van der Waals surface area contributed by atoms with E-state index in [9.17, 15) is 0 Å². The van der Waals surface area contributed by atoms with Gasteiger partial charge in [0.2, 0.25) is 0 Å². The van der Waals surface area contributed by atoms with Gasteiger partial charge in [0.15, 0.2) is 0 Å². The van der Waals surface area contributed by atoms with Crippen LogP contribution in [0, 0.1) is 55.4 Å². The van der Waals surface area contributed by atoms with Crippen LogP contribution in [0.2, 0.25) is 0 Å². The van der Waals surface area contributed by atoms with Crippen molar-refractivity contribution in [2.24, 2.45) is 11.8 Å². The largest absolute Gasteiger partial charge is 2.00 e. The molecule has 0 aromatic rings. The molecule has 0 spiro atoms. The molecule has 310 valence electrons. The summed E-state index contributed by atoms with van der Waals surface area (Å²) in [6.45, 7) is 21.9. The molecule has 4 fully saturated rings. The van der Waals surface area contributed by atoms with E-state index in [4.69, 9.17) is 14.6 Å². The molecule has 50 heavy (non-hydrogen) atoms. The first-order chi connectivity index (χ1) is 21.3. The Hall–Kier alpha value is 1.57. The molecule has 0 aliphatic heterocycles. The van der Waals surface area contributed by atoms with Gasteiger partial charge in [-0.05, 0) is 37.5 Å². The van der Waals surface area contributed by atoms with Gasteiger partial charge < -0.3 is 63.0 Å². The summed E-state index contributed by atoms with van der Waals surface area (Å²) in [7, 11) is 0. The van der Waals surface area contributed by atoms with Crippen molar-refractivity contribution in [1.82, 2.24) is 4.90 Å². The Bertz CT molecular complexity index is 420. The van der Waals surface area contributed by atoms with Crippen LogP contribution in [-0.2, 0) is 64.7 Å². The first-order valence-electron chi connectivity index (χ1n) is 19.4. The molecule has 4 aliphatic rings. The van der Waals surface area contributed by atoms with Crippen LogP contribution in [0.25, 0.3) is 0 Å². The van der Waals surface area contributed by atoms with Crippen molar-refractivity contribution in [2.45, 2.75) is 175 Å². The monoisotopic (exact) mass is 968 g/mol. The Morgan fingerprint density at radius 2 is 0.780 bits per heavy atom. The molecule has 4 aliphatic carbocycles. The van der Waals surface area contributed by atoms with Crippen LogP contribution in [-0.4, -0.2) is 62.7 Å². The molecule has 0 bridgehead atoms. The maximum Gasteiger partial charge on any atom is 2.00 e. The normalized spacial score (nSPS) is 15.4. The number of rotatable bonds is 16. The quantitative estimate of drug-likeness (QED) is 0.0951. The fraction of sp³-hybridized carbons (Fsp3) is 0.860. The van der Waals surface area contributed by atoms with E-state index in [2.05, 4.69) is 18.7 Å². The summed E-state index contributed by atoms with van der Waals surface area (Å²) in [6.07, 6.45) is 32.5. The van der Waals surface area contributed by atoms with Crippen molar-refractivity contribution in [1.29, 1.82) is 0 Å². The van der Waals surface area contributed by atoms with Gasteiger partial charge >= 0.3 is 55.2 Å². The van der Waals surface area contributed by atoms with Crippen molar-refractivity contribution >= 4 is 0 Å². The van der Waals surface area contributed by atoms with Gasteiger partial charge in [-0.3, -0.25) is 0 Å². The minimum Gasteiger partial charge on any atom is -0.399 e. The van der Waals surface area contributed by atoms with Crippen LogP contribution in [0.1, 0.15) is 175 Å². The maximum atomic E-state index is 7.81. The molecule has 0 unspecified atom stereocenters. The molecule has 7 heteroatoms. The van der Waals surface area contributed by atoms with Gasteiger partial charge in [0.1, 0.15) is 0 Å². The zero-order valence-corrected chi connectivity index (χ0v) is 40.5. The average Bonchev–Trinajstić information content (AvgIpc) is 3.91. The molecule has 0 atom stereocenters. The second-order valence-electron chi connectivity index (χ2n) is 12.3. The summed E-state index contributed by atoms with van der Waals surface area (Å²) in [5.41, 5.74) is 0. The minimum atomic E-state index is 0. The van der Waals surface area contributed by atoms with Gasteiger partial charge in [-0.2, -0.15) is 6.42 Å². The molecule has 0 saturated heterocycles. The zero-order chi connectivity index (χ0) is 32.1. The second-order valence-corrected chi connectivity index (χ2v) is 12.3. The van der Waals surface area contributed by atoms with Gasteiger partial charge in [0.05, 0.1) is 13.2 Å². The second kappa shape index (κ2) is 65.5. The Balaban J connectivity index is -0.0000000802. The molecule has 4 rings (SSSR count). The molecule has 0 amide bonds. The zero-order valence-electron chi connectivity index (χ0n) is 35.3. The molecule has 4 nitrogen and oxygen atoms in total. The molecule has 1 N–H and O–H groups in total. The fourth-order valence-corrected chi connectivity index (χ4v) is 6.24. The number of ether oxygens (including phenoxy) is 2. The van der Waals surface area contributed by atoms with Crippen LogP contribution >= 0.6 is 0 Å². The predicted molar refractivity (Wildman–Crippen MR) is 217 cm³/mol. The van der Waals surface area contributed by atoms with Gasteiger partial charge in [-0.15, -0.1) is 6.54 Å². The summed E-state index contributed by atoms with van der Waals surface area (Å²) in [6, 6.07) is 0.